The van der Waals surface area contributed by atoms with Gasteiger partial charge in [-0.3, -0.25) is 4.99 Å². The van der Waals surface area contributed by atoms with Crippen molar-refractivity contribution in [1.29, 1.82) is 0 Å². The molecular formula is C20H37IN4OS. The number of hydrogen-bond donors (Lipinski definition) is 2. The highest BCUT2D eigenvalue weighted by Crippen LogP contribution is 2.19. The van der Waals surface area contributed by atoms with E-state index < -0.39 is 0 Å². The van der Waals surface area contributed by atoms with Crippen LogP contribution in [0.4, 0.5) is 0 Å². The topological polar surface area (TPSA) is 58.5 Å². The quantitative estimate of drug-likeness (QED) is 0.158. The number of rotatable bonds is 10. The number of thiazole rings is 1. The van der Waals surface area contributed by atoms with Crippen LogP contribution in [0.15, 0.2) is 11.2 Å². The van der Waals surface area contributed by atoms with Crippen LogP contribution < -0.4 is 10.6 Å². The molecule has 0 aromatic carbocycles. The summed E-state index contributed by atoms with van der Waals surface area (Å²) < 4.78 is 6.05. The summed E-state index contributed by atoms with van der Waals surface area (Å²) in [7, 11) is 0. The highest BCUT2D eigenvalue weighted by atomic mass is 127. The van der Waals surface area contributed by atoms with E-state index in [1.807, 2.05) is 6.20 Å². The van der Waals surface area contributed by atoms with Crippen LogP contribution >= 0.6 is 35.3 Å². The Bertz CT molecular complexity index is 516. The van der Waals surface area contributed by atoms with Crippen molar-refractivity contribution >= 4 is 41.3 Å². The minimum atomic E-state index is 0. The van der Waals surface area contributed by atoms with E-state index in [-0.39, 0.29) is 24.0 Å². The van der Waals surface area contributed by atoms with Gasteiger partial charge in [0.05, 0.1) is 11.1 Å². The van der Waals surface area contributed by atoms with Crippen LogP contribution in [0.2, 0.25) is 0 Å². The zero-order valence-corrected chi connectivity index (χ0v) is 20.1. The lowest BCUT2D eigenvalue weighted by atomic mass is 10.1. The predicted octanol–water partition coefficient (Wildman–Crippen LogP) is 4.69. The molecule has 0 atom stereocenters. The van der Waals surface area contributed by atoms with Gasteiger partial charge in [-0.1, -0.05) is 25.7 Å². The first-order chi connectivity index (χ1) is 12.8. The fourth-order valence-electron chi connectivity index (χ4n) is 3.21. The maximum Gasteiger partial charge on any atom is 0.191 e. The molecule has 1 aliphatic rings. The molecular weight excluding hydrogens is 471 g/mol. The molecule has 0 amide bonds. The molecule has 1 aromatic heterocycles. The van der Waals surface area contributed by atoms with E-state index in [4.69, 9.17) is 4.74 Å². The van der Waals surface area contributed by atoms with Crippen LogP contribution in [0, 0.1) is 6.92 Å². The maximum atomic E-state index is 6.05. The molecule has 0 spiro atoms. The number of unbranched alkanes of at least 4 members (excludes halogenated alkanes) is 1. The van der Waals surface area contributed by atoms with Crippen LogP contribution in [-0.2, 0) is 11.2 Å². The average molecular weight is 509 g/mol. The number of nitrogens with one attached hydrogen (secondary N) is 2. The molecule has 0 unspecified atom stereocenters. The Kier molecular flexibility index (Phi) is 14.1. The lowest BCUT2D eigenvalue weighted by Gasteiger charge is -2.15. The Hall–Kier alpha value is -0.410. The Morgan fingerprint density at radius 3 is 2.67 bits per heavy atom. The fourth-order valence-corrected chi connectivity index (χ4v) is 4.00. The smallest absolute Gasteiger partial charge is 0.191 e. The van der Waals surface area contributed by atoms with Gasteiger partial charge in [0.1, 0.15) is 0 Å². The molecule has 7 heteroatoms. The van der Waals surface area contributed by atoms with Gasteiger partial charge in [0.2, 0.25) is 0 Å². The Labute approximate surface area is 186 Å². The fraction of sp³-hybridized carbons (Fsp3) is 0.800. The third-order valence-corrected chi connectivity index (χ3v) is 5.60. The first kappa shape index (κ1) is 24.6. The van der Waals surface area contributed by atoms with Crippen molar-refractivity contribution in [3.8, 4) is 0 Å². The molecule has 27 heavy (non-hydrogen) atoms. The molecule has 0 saturated heterocycles. The third kappa shape index (κ3) is 11.2. The minimum Gasteiger partial charge on any atom is -0.378 e. The maximum absolute atomic E-state index is 6.05. The zero-order chi connectivity index (χ0) is 18.5. The van der Waals surface area contributed by atoms with E-state index in [9.17, 15) is 0 Å². The van der Waals surface area contributed by atoms with Crippen LogP contribution in [0.3, 0.4) is 0 Å². The third-order valence-electron chi connectivity index (χ3n) is 4.62. The van der Waals surface area contributed by atoms with Crippen molar-refractivity contribution in [1.82, 2.24) is 15.6 Å². The zero-order valence-electron chi connectivity index (χ0n) is 17.0. The molecule has 1 saturated carbocycles. The number of halogens is 1. The van der Waals surface area contributed by atoms with E-state index >= 15 is 0 Å². The molecule has 2 N–H and O–H groups in total. The van der Waals surface area contributed by atoms with Gasteiger partial charge in [-0.2, -0.15) is 0 Å². The van der Waals surface area contributed by atoms with Gasteiger partial charge in [-0.05, 0) is 39.5 Å². The summed E-state index contributed by atoms with van der Waals surface area (Å²) in [5.41, 5.74) is 0. The number of aryl methyl sites for hydroxylation is 1. The van der Waals surface area contributed by atoms with Crippen LogP contribution in [0.1, 0.15) is 68.2 Å². The summed E-state index contributed by atoms with van der Waals surface area (Å²) in [4.78, 5) is 10.3. The van der Waals surface area contributed by atoms with Gasteiger partial charge in [-0.25, -0.2) is 4.98 Å². The van der Waals surface area contributed by atoms with Gasteiger partial charge < -0.3 is 15.4 Å². The molecule has 156 valence electrons. The molecule has 1 aliphatic carbocycles. The van der Waals surface area contributed by atoms with Crippen molar-refractivity contribution in [2.24, 2.45) is 4.99 Å². The van der Waals surface area contributed by atoms with Crippen molar-refractivity contribution in [3.05, 3.63) is 16.1 Å². The largest absolute Gasteiger partial charge is 0.378 e. The molecule has 5 nitrogen and oxygen atoms in total. The highest BCUT2D eigenvalue weighted by molar-refractivity contribution is 14.0. The Balaban J connectivity index is 0.00000364. The number of nitrogens with zero attached hydrogens (tertiary/aromatic N) is 2. The number of hydrogen-bond acceptors (Lipinski definition) is 4. The number of aromatic nitrogens is 1. The van der Waals surface area contributed by atoms with Gasteiger partial charge in [0, 0.05) is 43.7 Å². The summed E-state index contributed by atoms with van der Waals surface area (Å²) in [5.74, 6) is 0.908. The van der Waals surface area contributed by atoms with E-state index in [1.165, 1.54) is 48.4 Å². The number of aliphatic imine (C=N–C) groups is 1. The van der Waals surface area contributed by atoms with Gasteiger partial charge in [0.15, 0.2) is 5.96 Å². The first-order valence-electron chi connectivity index (χ1n) is 10.3. The summed E-state index contributed by atoms with van der Waals surface area (Å²) in [6.07, 6.45) is 13.5. The van der Waals surface area contributed by atoms with E-state index in [1.54, 1.807) is 11.3 Å². The van der Waals surface area contributed by atoms with Crippen molar-refractivity contribution < 1.29 is 4.74 Å². The van der Waals surface area contributed by atoms with Crippen LogP contribution in [0.25, 0.3) is 0 Å². The van der Waals surface area contributed by atoms with Crippen molar-refractivity contribution in [2.75, 3.05) is 26.2 Å². The summed E-state index contributed by atoms with van der Waals surface area (Å²) >= 11 is 1.77. The Morgan fingerprint density at radius 1 is 1.22 bits per heavy atom. The van der Waals surface area contributed by atoms with Gasteiger partial charge >= 0.3 is 0 Å². The molecule has 1 aromatic rings. The first-order valence-corrected chi connectivity index (χ1v) is 11.1. The molecule has 0 radical (unpaired) electrons. The SMILES string of the molecule is CCNC(=NCCCCOC1CCCCCC1)NCCc1ncc(C)s1.I. The second-order valence-corrected chi connectivity index (χ2v) is 8.31. The second-order valence-electron chi connectivity index (χ2n) is 6.99. The van der Waals surface area contributed by atoms with Crippen molar-refractivity contribution in [3.63, 3.8) is 0 Å². The molecule has 0 aliphatic heterocycles. The summed E-state index contributed by atoms with van der Waals surface area (Å²) in [6.45, 7) is 7.67. The number of guanidine groups is 1. The molecule has 0 bridgehead atoms. The van der Waals surface area contributed by atoms with Crippen molar-refractivity contribution in [2.45, 2.75) is 77.7 Å². The molecule has 2 rings (SSSR count). The van der Waals surface area contributed by atoms with Gasteiger partial charge in [-0.15, -0.1) is 35.3 Å². The normalized spacial score (nSPS) is 15.9. The number of ether oxygens (including phenoxy) is 1. The molecule has 1 heterocycles. The van der Waals surface area contributed by atoms with Crippen LogP contribution in [0.5, 0.6) is 0 Å². The van der Waals surface area contributed by atoms with E-state index in [0.29, 0.717) is 6.10 Å². The lowest BCUT2D eigenvalue weighted by Crippen LogP contribution is -2.38. The standard InChI is InChI=1S/C20H36N4OS.HI/c1-3-21-20(23-14-12-19-24-16-17(2)26-19)22-13-8-9-15-25-18-10-6-4-5-7-11-18;/h16,18H,3-15H2,1-2H3,(H2,21,22,23);1H. The predicted molar refractivity (Wildman–Crippen MR) is 127 cm³/mol. The summed E-state index contributed by atoms with van der Waals surface area (Å²) in [5, 5.41) is 7.90. The monoisotopic (exact) mass is 508 g/mol. The van der Waals surface area contributed by atoms with Crippen LogP contribution in [-0.4, -0.2) is 43.3 Å². The minimum absolute atomic E-state index is 0. The van der Waals surface area contributed by atoms with E-state index in [0.717, 1.165) is 51.5 Å². The molecule has 1 fully saturated rings. The second kappa shape index (κ2) is 15.5. The average Bonchev–Trinajstić information content (AvgIpc) is 2.88. The van der Waals surface area contributed by atoms with E-state index in [2.05, 4.69) is 34.5 Å². The lowest BCUT2D eigenvalue weighted by molar-refractivity contribution is 0.0413. The van der Waals surface area contributed by atoms with Gasteiger partial charge in [0.25, 0.3) is 0 Å². The summed E-state index contributed by atoms with van der Waals surface area (Å²) in [6, 6.07) is 0. The highest BCUT2D eigenvalue weighted by Gasteiger charge is 2.11. The Morgan fingerprint density at radius 2 is 2.00 bits per heavy atom.